The van der Waals surface area contributed by atoms with Gasteiger partial charge in [0.25, 0.3) is 0 Å². The Kier molecular flexibility index (Phi) is 2.18. The van der Waals surface area contributed by atoms with Gasteiger partial charge in [0.1, 0.15) is 0 Å². The molecule has 1 aliphatic heterocycles. The normalized spacial score (nSPS) is 28.8. The molecule has 1 saturated heterocycles. The molecule has 2 aliphatic rings. The van der Waals surface area contributed by atoms with Gasteiger partial charge in [0.15, 0.2) is 0 Å². The maximum absolute atomic E-state index is 3.43. The van der Waals surface area contributed by atoms with Crippen LogP contribution in [0.3, 0.4) is 0 Å². The molecule has 1 nitrogen and oxygen atoms in total. The molecule has 13 heavy (non-hydrogen) atoms. The Morgan fingerprint density at radius 3 is 1.92 bits per heavy atom. The molecule has 1 N–H and O–H groups in total. The molecule has 2 rings (SSSR count). The first kappa shape index (κ1) is 9.51. The van der Waals surface area contributed by atoms with E-state index in [2.05, 4.69) is 26.1 Å². The second-order valence-corrected chi connectivity index (χ2v) is 6.24. The monoisotopic (exact) mass is 181 g/mol. The summed E-state index contributed by atoms with van der Waals surface area (Å²) in [6, 6.07) is 0. The van der Waals surface area contributed by atoms with Crippen molar-refractivity contribution < 1.29 is 0 Å². The SMILES string of the molecule is CC(C)(C)C1CCC2(CC1)CNC2. The van der Waals surface area contributed by atoms with Crippen molar-refractivity contribution in [1.82, 2.24) is 5.32 Å². The first-order chi connectivity index (χ1) is 6.02. The number of rotatable bonds is 0. The van der Waals surface area contributed by atoms with Crippen LogP contribution in [0.15, 0.2) is 0 Å². The standard InChI is InChI=1S/C12H23N/c1-11(2,3)10-4-6-12(7-5-10)8-13-9-12/h10,13H,4-9H2,1-3H3. The maximum atomic E-state index is 3.43. The topological polar surface area (TPSA) is 12.0 Å². The molecule has 1 heterocycles. The lowest BCUT2D eigenvalue weighted by atomic mass is 9.62. The summed E-state index contributed by atoms with van der Waals surface area (Å²) in [6.07, 6.45) is 5.88. The zero-order valence-corrected chi connectivity index (χ0v) is 9.32. The second kappa shape index (κ2) is 2.98. The molecular weight excluding hydrogens is 158 g/mol. The van der Waals surface area contributed by atoms with E-state index in [1.165, 1.54) is 38.8 Å². The van der Waals surface area contributed by atoms with Crippen molar-refractivity contribution >= 4 is 0 Å². The zero-order valence-electron chi connectivity index (χ0n) is 9.32. The minimum Gasteiger partial charge on any atom is -0.316 e. The molecule has 0 amide bonds. The molecule has 0 bridgehead atoms. The summed E-state index contributed by atoms with van der Waals surface area (Å²) in [7, 11) is 0. The Balaban J connectivity index is 1.89. The van der Waals surface area contributed by atoms with Crippen molar-refractivity contribution in [2.24, 2.45) is 16.7 Å². The van der Waals surface area contributed by atoms with Crippen molar-refractivity contribution in [2.75, 3.05) is 13.1 Å². The van der Waals surface area contributed by atoms with Gasteiger partial charge in [0.2, 0.25) is 0 Å². The minimum absolute atomic E-state index is 0.540. The Labute approximate surface area is 82.3 Å². The predicted molar refractivity (Wildman–Crippen MR) is 56.7 cm³/mol. The smallest absolute Gasteiger partial charge is 0.00202 e. The molecule has 1 saturated carbocycles. The predicted octanol–water partition coefficient (Wildman–Crippen LogP) is 2.81. The highest BCUT2D eigenvalue weighted by Crippen LogP contribution is 2.46. The fourth-order valence-corrected chi connectivity index (χ4v) is 2.93. The van der Waals surface area contributed by atoms with Crippen LogP contribution in [0.4, 0.5) is 0 Å². The number of nitrogens with one attached hydrogen (secondary N) is 1. The van der Waals surface area contributed by atoms with E-state index in [1.807, 2.05) is 0 Å². The molecule has 0 radical (unpaired) electrons. The Morgan fingerprint density at radius 2 is 1.62 bits per heavy atom. The molecule has 1 aliphatic carbocycles. The van der Waals surface area contributed by atoms with E-state index in [4.69, 9.17) is 0 Å². The molecule has 0 aromatic carbocycles. The minimum atomic E-state index is 0.540. The number of hydrogen-bond donors (Lipinski definition) is 1. The van der Waals surface area contributed by atoms with Crippen LogP contribution in [0.1, 0.15) is 46.5 Å². The van der Waals surface area contributed by atoms with Gasteiger partial charge >= 0.3 is 0 Å². The quantitative estimate of drug-likeness (QED) is 0.606. The van der Waals surface area contributed by atoms with Gasteiger partial charge in [-0.2, -0.15) is 0 Å². The highest BCUT2D eigenvalue weighted by atomic mass is 15.0. The van der Waals surface area contributed by atoms with Crippen LogP contribution in [-0.4, -0.2) is 13.1 Å². The molecule has 0 aromatic rings. The second-order valence-electron chi connectivity index (χ2n) is 6.24. The third-order valence-electron chi connectivity index (χ3n) is 4.27. The molecule has 0 aromatic heterocycles. The summed E-state index contributed by atoms with van der Waals surface area (Å²) in [5, 5.41) is 3.43. The van der Waals surface area contributed by atoms with Crippen LogP contribution in [0.25, 0.3) is 0 Å². The highest BCUT2D eigenvalue weighted by molar-refractivity contribution is 4.97. The summed E-state index contributed by atoms with van der Waals surface area (Å²) in [5.41, 5.74) is 1.28. The van der Waals surface area contributed by atoms with Gasteiger partial charge in [-0.1, -0.05) is 20.8 Å². The summed E-state index contributed by atoms with van der Waals surface area (Å²) in [5.74, 6) is 0.971. The molecule has 76 valence electrons. The van der Waals surface area contributed by atoms with Gasteiger partial charge in [0.05, 0.1) is 0 Å². The number of hydrogen-bond acceptors (Lipinski definition) is 1. The van der Waals surface area contributed by atoms with E-state index in [-0.39, 0.29) is 0 Å². The van der Waals surface area contributed by atoms with Gasteiger partial charge in [-0.15, -0.1) is 0 Å². The molecule has 0 unspecified atom stereocenters. The highest BCUT2D eigenvalue weighted by Gasteiger charge is 2.42. The molecule has 1 heteroatoms. The molecule has 0 atom stereocenters. The van der Waals surface area contributed by atoms with E-state index >= 15 is 0 Å². The van der Waals surface area contributed by atoms with E-state index in [0.29, 0.717) is 5.41 Å². The van der Waals surface area contributed by atoms with Gasteiger partial charge in [-0.3, -0.25) is 0 Å². The van der Waals surface area contributed by atoms with E-state index < -0.39 is 0 Å². The fraction of sp³-hybridized carbons (Fsp3) is 1.00. The zero-order chi connectivity index (χ0) is 9.53. The van der Waals surface area contributed by atoms with Crippen LogP contribution in [0, 0.1) is 16.7 Å². The molecule has 2 fully saturated rings. The Bertz CT molecular complexity index is 176. The Hall–Kier alpha value is -0.0400. The maximum Gasteiger partial charge on any atom is 0.00202 e. The summed E-state index contributed by atoms with van der Waals surface area (Å²) >= 11 is 0. The van der Waals surface area contributed by atoms with Crippen LogP contribution in [-0.2, 0) is 0 Å². The van der Waals surface area contributed by atoms with Crippen LogP contribution in [0.2, 0.25) is 0 Å². The lowest BCUT2D eigenvalue weighted by Crippen LogP contribution is -2.55. The first-order valence-corrected chi connectivity index (χ1v) is 5.73. The van der Waals surface area contributed by atoms with Crippen LogP contribution < -0.4 is 5.32 Å². The van der Waals surface area contributed by atoms with Crippen molar-refractivity contribution in [3.05, 3.63) is 0 Å². The lowest BCUT2D eigenvalue weighted by Gasteiger charge is -2.49. The molecule has 1 spiro atoms. The molecular formula is C12H23N. The third-order valence-corrected chi connectivity index (χ3v) is 4.27. The van der Waals surface area contributed by atoms with Gasteiger partial charge in [-0.05, 0) is 42.4 Å². The van der Waals surface area contributed by atoms with E-state index in [9.17, 15) is 0 Å². The average molecular weight is 181 g/mol. The van der Waals surface area contributed by atoms with E-state index in [0.717, 1.165) is 11.3 Å². The average Bonchev–Trinajstić information content (AvgIpc) is 2.00. The van der Waals surface area contributed by atoms with Gasteiger partial charge < -0.3 is 5.32 Å². The first-order valence-electron chi connectivity index (χ1n) is 5.73. The van der Waals surface area contributed by atoms with Crippen LogP contribution in [0.5, 0.6) is 0 Å². The van der Waals surface area contributed by atoms with Crippen molar-refractivity contribution in [3.8, 4) is 0 Å². The van der Waals surface area contributed by atoms with Crippen LogP contribution >= 0.6 is 0 Å². The largest absolute Gasteiger partial charge is 0.316 e. The lowest BCUT2D eigenvalue weighted by molar-refractivity contribution is 0.0463. The fourth-order valence-electron chi connectivity index (χ4n) is 2.93. The van der Waals surface area contributed by atoms with Crippen molar-refractivity contribution in [1.29, 1.82) is 0 Å². The summed E-state index contributed by atoms with van der Waals surface area (Å²) < 4.78 is 0. The summed E-state index contributed by atoms with van der Waals surface area (Å²) in [6.45, 7) is 9.78. The Morgan fingerprint density at radius 1 is 1.08 bits per heavy atom. The third kappa shape index (κ3) is 1.76. The summed E-state index contributed by atoms with van der Waals surface area (Å²) in [4.78, 5) is 0. The van der Waals surface area contributed by atoms with Gasteiger partial charge in [0, 0.05) is 13.1 Å². The van der Waals surface area contributed by atoms with Crippen molar-refractivity contribution in [3.63, 3.8) is 0 Å². The van der Waals surface area contributed by atoms with E-state index in [1.54, 1.807) is 0 Å². The van der Waals surface area contributed by atoms with Crippen molar-refractivity contribution in [2.45, 2.75) is 46.5 Å². The van der Waals surface area contributed by atoms with Gasteiger partial charge in [-0.25, -0.2) is 0 Å².